The number of aromatic nitrogens is 3. The summed E-state index contributed by atoms with van der Waals surface area (Å²) in [6.45, 7) is 1.89. The first-order valence-electron chi connectivity index (χ1n) is 3.45. The second-order valence-electron chi connectivity index (χ2n) is 2.13. The number of hydrogen-bond acceptors (Lipinski definition) is 4. The number of nitrogens with zero attached hydrogens (tertiary/aromatic N) is 2. The van der Waals surface area contributed by atoms with Crippen molar-refractivity contribution in [2.24, 2.45) is 7.05 Å². The summed E-state index contributed by atoms with van der Waals surface area (Å²) in [5.74, 6) is -0.695. The number of aryl methyl sites for hydroxylation is 1. The van der Waals surface area contributed by atoms with E-state index in [1.54, 1.807) is 6.92 Å². The quantitative estimate of drug-likeness (QED) is 0.596. The molecular weight excluding hydrogens is 162 g/mol. The molecule has 0 aliphatic carbocycles. The number of aromatic amines is 1. The average Bonchev–Trinajstić information content (AvgIpc) is 2.30. The lowest BCUT2D eigenvalue weighted by Crippen LogP contribution is -2.15. The molecule has 6 nitrogen and oxygen atoms in total. The molecule has 0 spiro atoms. The van der Waals surface area contributed by atoms with Crippen molar-refractivity contribution in [3.05, 3.63) is 16.0 Å². The minimum absolute atomic E-state index is 0.209. The molecule has 0 unspecified atom stereocenters. The van der Waals surface area contributed by atoms with Crippen LogP contribution in [0, 0.1) is 0 Å². The van der Waals surface area contributed by atoms with Gasteiger partial charge in [0, 0.05) is 7.05 Å². The molecule has 1 N–H and O–H groups in total. The molecule has 0 saturated heterocycles. The first-order chi connectivity index (χ1) is 5.65. The van der Waals surface area contributed by atoms with Crippen molar-refractivity contribution in [1.82, 2.24) is 15.0 Å². The number of rotatable bonds is 2. The Morgan fingerprint density at radius 1 is 1.75 bits per heavy atom. The van der Waals surface area contributed by atoms with Crippen LogP contribution in [0.2, 0.25) is 0 Å². The molecule has 66 valence electrons. The van der Waals surface area contributed by atoms with Gasteiger partial charge in [0.05, 0.1) is 6.61 Å². The van der Waals surface area contributed by atoms with Crippen LogP contribution in [0.5, 0.6) is 0 Å². The molecule has 0 amide bonds. The fourth-order valence-corrected chi connectivity index (χ4v) is 0.753. The lowest BCUT2D eigenvalue weighted by atomic mass is 10.5. The predicted octanol–water partition coefficient (Wildman–Crippen LogP) is -0.715. The average molecular weight is 171 g/mol. The highest BCUT2D eigenvalue weighted by molar-refractivity contribution is 5.86. The minimum atomic E-state index is -0.695. The monoisotopic (exact) mass is 171 g/mol. The number of carbonyl (C=O) groups is 1. The summed E-state index contributed by atoms with van der Waals surface area (Å²) in [6, 6.07) is 0. The van der Waals surface area contributed by atoms with E-state index in [0.29, 0.717) is 0 Å². The molecule has 6 heteroatoms. The van der Waals surface area contributed by atoms with Gasteiger partial charge in [-0.1, -0.05) is 0 Å². The van der Waals surface area contributed by atoms with E-state index >= 15 is 0 Å². The van der Waals surface area contributed by atoms with Crippen LogP contribution in [0.15, 0.2) is 4.79 Å². The Morgan fingerprint density at radius 2 is 2.42 bits per heavy atom. The van der Waals surface area contributed by atoms with Crippen molar-refractivity contribution < 1.29 is 9.53 Å². The van der Waals surface area contributed by atoms with E-state index in [9.17, 15) is 9.59 Å². The van der Waals surface area contributed by atoms with Gasteiger partial charge in [-0.05, 0) is 6.92 Å². The molecule has 0 aromatic carbocycles. The zero-order valence-electron chi connectivity index (χ0n) is 6.83. The van der Waals surface area contributed by atoms with Gasteiger partial charge in [0.1, 0.15) is 0 Å². The molecule has 0 bridgehead atoms. The largest absolute Gasteiger partial charge is 0.461 e. The molecule has 0 atom stereocenters. The van der Waals surface area contributed by atoms with Crippen LogP contribution >= 0.6 is 0 Å². The standard InChI is InChI=1S/C6H9N3O3/c1-3-12-6(11)4-5(10)8-9(2)7-4/h3H2,1-2H3,(H,8,10). The summed E-state index contributed by atoms with van der Waals surface area (Å²) >= 11 is 0. The summed E-state index contributed by atoms with van der Waals surface area (Å²) in [7, 11) is 1.52. The Labute approximate surface area is 68.1 Å². The maximum atomic E-state index is 11.0. The first-order valence-corrected chi connectivity index (χ1v) is 3.45. The van der Waals surface area contributed by atoms with Gasteiger partial charge in [-0.2, -0.15) is 0 Å². The molecule has 1 rings (SSSR count). The molecule has 0 radical (unpaired) electrons. The zero-order valence-corrected chi connectivity index (χ0v) is 6.83. The van der Waals surface area contributed by atoms with E-state index in [-0.39, 0.29) is 12.3 Å². The lowest BCUT2D eigenvalue weighted by Gasteiger charge is -1.94. The molecule has 1 aromatic rings. The highest BCUT2D eigenvalue weighted by atomic mass is 16.5. The third-order valence-corrected chi connectivity index (χ3v) is 1.20. The van der Waals surface area contributed by atoms with Crippen LogP contribution in [0.25, 0.3) is 0 Å². The topological polar surface area (TPSA) is 77.0 Å². The van der Waals surface area contributed by atoms with E-state index < -0.39 is 11.5 Å². The fourth-order valence-electron chi connectivity index (χ4n) is 0.753. The van der Waals surface area contributed by atoms with Crippen molar-refractivity contribution in [1.29, 1.82) is 0 Å². The van der Waals surface area contributed by atoms with E-state index in [2.05, 4.69) is 14.9 Å². The van der Waals surface area contributed by atoms with Crippen LogP contribution in [0.4, 0.5) is 0 Å². The van der Waals surface area contributed by atoms with Crippen molar-refractivity contribution in [2.75, 3.05) is 6.61 Å². The molecule has 1 aromatic heterocycles. The van der Waals surface area contributed by atoms with E-state index in [1.165, 1.54) is 7.05 Å². The summed E-state index contributed by atoms with van der Waals surface area (Å²) in [6.07, 6.45) is 0. The van der Waals surface area contributed by atoms with Gasteiger partial charge in [-0.3, -0.25) is 4.79 Å². The second-order valence-corrected chi connectivity index (χ2v) is 2.13. The Balaban J connectivity index is 2.95. The number of nitrogens with one attached hydrogen (secondary N) is 1. The Bertz CT molecular complexity index is 338. The van der Waals surface area contributed by atoms with Gasteiger partial charge in [-0.25, -0.2) is 14.7 Å². The molecule has 0 aliphatic rings. The molecule has 0 saturated carbocycles. The first kappa shape index (κ1) is 8.51. The van der Waals surface area contributed by atoms with Gasteiger partial charge in [-0.15, -0.1) is 5.10 Å². The molecule has 0 aliphatic heterocycles. The summed E-state index contributed by atoms with van der Waals surface area (Å²) in [4.78, 5) is 23.0. The van der Waals surface area contributed by atoms with Crippen LogP contribution in [0.1, 0.15) is 17.4 Å². The normalized spacial score (nSPS) is 9.83. The van der Waals surface area contributed by atoms with Crippen molar-refractivity contribution in [2.45, 2.75) is 6.92 Å². The summed E-state index contributed by atoms with van der Waals surface area (Å²) in [5.41, 5.74) is -0.740. The third-order valence-electron chi connectivity index (χ3n) is 1.20. The molecule has 1 heterocycles. The smallest absolute Gasteiger partial charge is 0.364 e. The lowest BCUT2D eigenvalue weighted by molar-refractivity contribution is 0.0517. The van der Waals surface area contributed by atoms with Crippen LogP contribution in [-0.4, -0.2) is 27.6 Å². The predicted molar refractivity (Wildman–Crippen MR) is 39.8 cm³/mol. The zero-order chi connectivity index (χ0) is 9.14. The van der Waals surface area contributed by atoms with Gasteiger partial charge < -0.3 is 4.74 Å². The maximum Gasteiger partial charge on any atom is 0.364 e. The second kappa shape index (κ2) is 3.21. The number of carbonyl (C=O) groups excluding carboxylic acids is 1. The minimum Gasteiger partial charge on any atom is -0.461 e. The van der Waals surface area contributed by atoms with Gasteiger partial charge in [0.25, 0.3) is 5.56 Å². The van der Waals surface area contributed by atoms with Gasteiger partial charge in [0.2, 0.25) is 5.69 Å². The van der Waals surface area contributed by atoms with Crippen LogP contribution in [0.3, 0.4) is 0 Å². The molecule has 12 heavy (non-hydrogen) atoms. The van der Waals surface area contributed by atoms with E-state index in [0.717, 1.165) is 4.80 Å². The molecular formula is C6H9N3O3. The highest BCUT2D eigenvalue weighted by Gasteiger charge is 2.14. The van der Waals surface area contributed by atoms with Crippen molar-refractivity contribution >= 4 is 5.97 Å². The summed E-state index contributed by atoms with van der Waals surface area (Å²) < 4.78 is 4.59. The Morgan fingerprint density at radius 3 is 2.83 bits per heavy atom. The highest BCUT2D eigenvalue weighted by Crippen LogP contribution is 1.87. The van der Waals surface area contributed by atoms with Crippen molar-refractivity contribution in [3.8, 4) is 0 Å². The van der Waals surface area contributed by atoms with Crippen LogP contribution < -0.4 is 5.56 Å². The maximum absolute atomic E-state index is 11.0. The van der Waals surface area contributed by atoms with E-state index in [1.807, 2.05) is 0 Å². The number of hydrogen-bond donors (Lipinski definition) is 1. The fraction of sp³-hybridized carbons (Fsp3) is 0.500. The van der Waals surface area contributed by atoms with Crippen LogP contribution in [-0.2, 0) is 11.8 Å². The number of esters is 1. The number of ether oxygens (including phenoxy) is 1. The molecule has 0 fully saturated rings. The van der Waals surface area contributed by atoms with E-state index in [4.69, 9.17) is 0 Å². The SMILES string of the molecule is CCOC(=O)c1nn(C)[nH]c1=O. The van der Waals surface area contributed by atoms with Crippen molar-refractivity contribution in [3.63, 3.8) is 0 Å². The summed E-state index contributed by atoms with van der Waals surface area (Å²) in [5, 5.41) is 5.90. The number of H-pyrrole nitrogens is 1. The van der Waals surface area contributed by atoms with Gasteiger partial charge in [0.15, 0.2) is 0 Å². The van der Waals surface area contributed by atoms with Gasteiger partial charge >= 0.3 is 5.97 Å². The third kappa shape index (κ3) is 1.52. The Hall–Kier alpha value is -1.59. The Kier molecular flexibility index (Phi) is 2.27.